The summed E-state index contributed by atoms with van der Waals surface area (Å²) in [6.45, 7) is 6.04. The zero-order chi connectivity index (χ0) is 16.4. The van der Waals surface area contributed by atoms with Crippen molar-refractivity contribution in [3.63, 3.8) is 0 Å². The van der Waals surface area contributed by atoms with Crippen molar-refractivity contribution in [2.45, 2.75) is 39.9 Å². The molecule has 0 aromatic carbocycles. The number of hydrogen-bond acceptors (Lipinski definition) is 8. The molecule has 21 heavy (non-hydrogen) atoms. The molecule has 10 nitrogen and oxygen atoms in total. The van der Waals surface area contributed by atoms with Crippen LogP contribution in [0.2, 0.25) is 0 Å². The number of aliphatic hydroxyl groups excluding tert-OH is 2. The van der Waals surface area contributed by atoms with E-state index >= 15 is 0 Å². The molecule has 0 aliphatic heterocycles. The minimum absolute atomic E-state index is 0.0793. The van der Waals surface area contributed by atoms with Crippen LogP contribution in [-0.2, 0) is 9.68 Å². The molecule has 0 aromatic rings. The van der Waals surface area contributed by atoms with E-state index in [0.29, 0.717) is 0 Å². The molecule has 0 aliphatic carbocycles. The van der Waals surface area contributed by atoms with Gasteiger partial charge >= 0.3 is 0 Å². The molecule has 0 aliphatic rings. The molecular formula is C11H24N4O6. The standard InChI is InChI=1S/C11H24N4O6/c1-8(2)10(16)5-14(18)12-20-7-21-13-15(19)6-11(17)9(3)4/h8-11,16-17H,5-7H2,1-4H3/b14-12-,15-13-. The van der Waals surface area contributed by atoms with E-state index in [1.54, 1.807) is 27.7 Å². The highest BCUT2D eigenvalue weighted by Gasteiger charge is 2.15. The van der Waals surface area contributed by atoms with Gasteiger partial charge in [-0.25, -0.2) is 0 Å². The Morgan fingerprint density at radius 1 is 0.857 bits per heavy atom. The van der Waals surface area contributed by atoms with Gasteiger partial charge in [0.25, 0.3) is 6.79 Å². The van der Waals surface area contributed by atoms with Crippen molar-refractivity contribution in [1.82, 2.24) is 0 Å². The van der Waals surface area contributed by atoms with Crippen molar-refractivity contribution in [2.75, 3.05) is 19.9 Å². The molecule has 2 unspecified atom stereocenters. The van der Waals surface area contributed by atoms with E-state index in [0.717, 1.165) is 0 Å². The molecule has 124 valence electrons. The SMILES string of the molecule is CC(C)C(O)C/[N+]([O-])=N/OCO/N=[N+](\[O-])CC(O)C(C)C. The number of hydrogen-bond donors (Lipinski definition) is 2. The first-order valence-electron chi connectivity index (χ1n) is 6.65. The number of rotatable bonds is 10. The lowest BCUT2D eigenvalue weighted by molar-refractivity contribution is -0.581. The van der Waals surface area contributed by atoms with Crippen LogP contribution in [0.1, 0.15) is 27.7 Å². The van der Waals surface area contributed by atoms with Gasteiger partial charge in [-0.2, -0.15) is 0 Å². The molecule has 10 heteroatoms. The van der Waals surface area contributed by atoms with Gasteiger partial charge in [0.05, 0.1) is 0 Å². The van der Waals surface area contributed by atoms with Gasteiger partial charge in [0.1, 0.15) is 12.2 Å². The maximum atomic E-state index is 11.1. The van der Waals surface area contributed by atoms with Gasteiger partial charge in [0, 0.05) is 0 Å². The van der Waals surface area contributed by atoms with Crippen LogP contribution in [-0.4, -0.2) is 52.0 Å². The molecule has 0 amide bonds. The summed E-state index contributed by atoms with van der Waals surface area (Å²) in [6.07, 6.45) is -1.65. The van der Waals surface area contributed by atoms with Crippen LogP contribution in [0.5, 0.6) is 0 Å². The van der Waals surface area contributed by atoms with E-state index in [2.05, 4.69) is 20.2 Å². The lowest BCUT2D eigenvalue weighted by Crippen LogP contribution is -2.25. The zero-order valence-corrected chi connectivity index (χ0v) is 12.7. The van der Waals surface area contributed by atoms with E-state index in [4.69, 9.17) is 0 Å². The highest BCUT2D eigenvalue weighted by molar-refractivity contribution is 4.56. The third-order valence-electron chi connectivity index (χ3n) is 2.63. The van der Waals surface area contributed by atoms with Crippen molar-refractivity contribution in [1.29, 1.82) is 0 Å². The largest absolute Gasteiger partial charge is 0.597 e. The minimum atomic E-state index is -0.824. The fourth-order valence-electron chi connectivity index (χ4n) is 1.01. The van der Waals surface area contributed by atoms with E-state index in [1.165, 1.54) is 0 Å². The third-order valence-corrected chi connectivity index (χ3v) is 2.63. The van der Waals surface area contributed by atoms with Gasteiger partial charge in [-0.15, -0.1) is 0 Å². The predicted molar refractivity (Wildman–Crippen MR) is 70.6 cm³/mol. The summed E-state index contributed by atoms with van der Waals surface area (Å²) in [6, 6.07) is 0. The summed E-state index contributed by atoms with van der Waals surface area (Å²) < 4.78 is 0. The molecule has 0 bridgehead atoms. The molecule has 0 rings (SSSR count). The Hall–Kier alpha value is -1.68. The van der Waals surface area contributed by atoms with Gasteiger partial charge in [0.2, 0.25) is 23.6 Å². The minimum Gasteiger partial charge on any atom is -0.597 e. The van der Waals surface area contributed by atoms with Gasteiger partial charge in [-0.3, -0.25) is 0 Å². The Bertz CT molecular complexity index is 316. The summed E-state index contributed by atoms with van der Waals surface area (Å²) in [7, 11) is 0. The monoisotopic (exact) mass is 308 g/mol. The van der Waals surface area contributed by atoms with Crippen LogP contribution in [0.4, 0.5) is 0 Å². The number of aliphatic hydroxyl groups is 2. The Morgan fingerprint density at radius 2 is 1.19 bits per heavy atom. The lowest BCUT2D eigenvalue weighted by Gasteiger charge is -2.11. The van der Waals surface area contributed by atoms with Crippen LogP contribution in [0.25, 0.3) is 0 Å². The average Bonchev–Trinajstić information content (AvgIpc) is 2.37. The van der Waals surface area contributed by atoms with Crippen molar-refractivity contribution >= 4 is 0 Å². The molecule has 0 spiro atoms. The van der Waals surface area contributed by atoms with Crippen molar-refractivity contribution in [2.24, 2.45) is 22.4 Å². The van der Waals surface area contributed by atoms with Crippen LogP contribution < -0.4 is 0 Å². The molecule has 2 atom stereocenters. The first-order valence-corrected chi connectivity index (χ1v) is 6.65. The smallest absolute Gasteiger partial charge is 0.292 e. The Kier molecular flexibility index (Phi) is 9.30. The number of hydroxylamine groups is 2. The normalized spacial score (nSPS) is 16.2. The Morgan fingerprint density at radius 3 is 1.48 bits per heavy atom. The molecule has 0 saturated carbocycles. The van der Waals surface area contributed by atoms with E-state index in [1.807, 2.05) is 0 Å². The van der Waals surface area contributed by atoms with E-state index < -0.39 is 19.0 Å². The van der Waals surface area contributed by atoms with Gasteiger partial charge < -0.3 is 30.3 Å². The van der Waals surface area contributed by atoms with Crippen molar-refractivity contribution in [3.05, 3.63) is 10.4 Å². The van der Waals surface area contributed by atoms with Crippen molar-refractivity contribution < 1.29 is 29.6 Å². The van der Waals surface area contributed by atoms with Crippen LogP contribution in [0.15, 0.2) is 10.6 Å². The Balaban J connectivity index is 3.94. The summed E-state index contributed by atoms with van der Waals surface area (Å²) in [5, 5.41) is 47.3. The van der Waals surface area contributed by atoms with Gasteiger partial charge in [0.15, 0.2) is 0 Å². The second kappa shape index (κ2) is 10.1. The summed E-state index contributed by atoms with van der Waals surface area (Å²) >= 11 is 0. The van der Waals surface area contributed by atoms with Crippen molar-refractivity contribution in [3.8, 4) is 0 Å². The lowest BCUT2D eigenvalue weighted by atomic mass is 10.1. The van der Waals surface area contributed by atoms with E-state index in [-0.39, 0.29) is 34.6 Å². The fourth-order valence-corrected chi connectivity index (χ4v) is 1.01. The highest BCUT2D eigenvalue weighted by atomic mass is 16.8. The van der Waals surface area contributed by atoms with Crippen LogP contribution in [0, 0.1) is 22.3 Å². The fraction of sp³-hybridized carbons (Fsp3) is 1.00. The molecular weight excluding hydrogens is 284 g/mol. The molecule has 2 N–H and O–H groups in total. The molecule has 0 heterocycles. The highest BCUT2D eigenvalue weighted by Crippen LogP contribution is 2.02. The quantitative estimate of drug-likeness (QED) is 0.201. The van der Waals surface area contributed by atoms with Gasteiger partial charge in [-0.1, -0.05) is 37.4 Å². The first-order chi connectivity index (χ1) is 9.73. The maximum absolute atomic E-state index is 11.1. The molecule has 0 fully saturated rings. The summed E-state index contributed by atoms with van der Waals surface area (Å²) in [4.78, 5) is 9.27. The molecule has 0 saturated heterocycles. The topological polar surface area (TPSA) is 136 Å². The second-order valence-corrected chi connectivity index (χ2v) is 5.23. The van der Waals surface area contributed by atoms with Gasteiger partial charge in [-0.05, 0) is 11.8 Å². The predicted octanol–water partition coefficient (Wildman–Crippen LogP) is 0.766. The summed E-state index contributed by atoms with van der Waals surface area (Å²) in [5.74, 6) is -0.159. The maximum Gasteiger partial charge on any atom is 0.292 e. The zero-order valence-electron chi connectivity index (χ0n) is 12.7. The van der Waals surface area contributed by atoms with Crippen LogP contribution in [0.3, 0.4) is 0 Å². The number of nitrogens with zero attached hydrogens (tertiary/aromatic N) is 4. The molecule has 0 radical (unpaired) electrons. The van der Waals surface area contributed by atoms with Crippen LogP contribution >= 0.6 is 0 Å². The Labute approximate surface area is 123 Å². The second-order valence-electron chi connectivity index (χ2n) is 5.23. The summed E-state index contributed by atoms with van der Waals surface area (Å²) in [5.41, 5.74) is 0. The molecule has 0 aromatic heterocycles. The van der Waals surface area contributed by atoms with E-state index in [9.17, 15) is 20.6 Å². The average molecular weight is 308 g/mol. The third kappa shape index (κ3) is 9.79. The first kappa shape index (κ1) is 19.3.